The Bertz CT molecular complexity index is 549. The summed E-state index contributed by atoms with van der Waals surface area (Å²) in [6.45, 7) is 0. The quantitative estimate of drug-likeness (QED) is 0.507. The SMILES string of the molecule is Fc1ccc(N[N+](Cl)c2ccccc2)c(F)c1F. The van der Waals surface area contributed by atoms with Crippen LogP contribution in [0.1, 0.15) is 0 Å². The molecule has 0 unspecified atom stereocenters. The van der Waals surface area contributed by atoms with Crippen LogP contribution in [0.2, 0.25) is 0 Å². The van der Waals surface area contributed by atoms with E-state index in [4.69, 9.17) is 11.8 Å². The highest BCUT2D eigenvalue weighted by Crippen LogP contribution is 2.23. The molecule has 18 heavy (non-hydrogen) atoms. The smallest absolute Gasteiger partial charge is 0.204 e. The van der Waals surface area contributed by atoms with Crippen LogP contribution in [0.5, 0.6) is 0 Å². The van der Waals surface area contributed by atoms with E-state index >= 15 is 0 Å². The monoisotopic (exact) mass is 272 g/mol. The minimum absolute atomic E-state index is 0.257. The first-order valence-electron chi connectivity index (χ1n) is 5.00. The third-order valence-electron chi connectivity index (χ3n) is 2.24. The first-order valence-corrected chi connectivity index (χ1v) is 5.34. The van der Waals surface area contributed by atoms with Gasteiger partial charge in [-0.2, -0.15) is 5.43 Å². The summed E-state index contributed by atoms with van der Waals surface area (Å²) in [6, 6.07) is 10.5. The van der Waals surface area contributed by atoms with Crippen LogP contribution in [0.25, 0.3) is 0 Å². The van der Waals surface area contributed by atoms with E-state index < -0.39 is 17.5 Å². The summed E-state index contributed by atoms with van der Waals surface area (Å²) in [5.74, 6) is -4.12. The standard InChI is InChI=1S/C12H8ClF3N2/c13-18(8-4-2-1-3-5-8)17-10-7-6-9(14)11(15)12(10)16/h1-7,17H/q+1. The minimum Gasteiger partial charge on any atom is -0.204 e. The molecule has 1 radical (unpaired) electrons. The van der Waals surface area contributed by atoms with Crippen LogP contribution in [-0.4, -0.2) is 0 Å². The fourth-order valence-corrected chi connectivity index (χ4v) is 1.55. The number of rotatable bonds is 3. The van der Waals surface area contributed by atoms with Crippen LogP contribution in [0.4, 0.5) is 24.5 Å². The van der Waals surface area contributed by atoms with Crippen LogP contribution < -0.4 is 9.95 Å². The molecule has 0 saturated heterocycles. The lowest BCUT2D eigenvalue weighted by Gasteiger charge is -2.05. The molecule has 0 atom stereocenters. The predicted octanol–water partition coefficient (Wildman–Crippen LogP) is 4.06. The first-order chi connectivity index (χ1) is 8.59. The van der Waals surface area contributed by atoms with Crippen molar-refractivity contribution in [3.05, 3.63) is 59.9 Å². The lowest BCUT2D eigenvalue weighted by Crippen LogP contribution is -2.21. The third kappa shape index (κ3) is 2.57. The molecule has 0 aliphatic rings. The number of hydrogen-bond acceptors (Lipinski definition) is 2. The molecule has 0 bridgehead atoms. The molecule has 0 fully saturated rings. The first kappa shape index (κ1) is 12.7. The van der Waals surface area contributed by atoms with Gasteiger partial charge < -0.3 is 0 Å². The molecular weight excluding hydrogens is 265 g/mol. The van der Waals surface area contributed by atoms with Gasteiger partial charge in [0.05, 0.1) is 4.53 Å². The highest BCUT2D eigenvalue weighted by molar-refractivity contribution is 6.18. The van der Waals surface area contributed by atoms with Crippen molar-refractivity contribution in [2.24, 2.45) is 0 Å². The summed E-state index contributed by atoms with van der Waals surface area (Å²) in [5, 5.41) is 0. The zero-order valence-corrected chi connectivity index (χ0v) is 9.76. The molecule has 2 aromatic carbocycles. The van der Waals surface area contributed by atoms with E-state index in [0.29, 0.717) is 5.69 Å². The molecule has 0 saturated carbocycles. The Labute approximate surface area is 107 Å². The molecule has 6 heteroatoms. The van der Waals surface area contributed by atoms with E-state index in [1.807, 2.05) is 0 Å². The number of anilines is 2. The van der Waals surface area contributed by atoms with Gasteiger partial charge in [0.1, 0.15) is 5.69 Å². The van der Waals surface area contributed by atoms with Crippen molar-refractivity contribution >= 4 is 23.2 Å². The number of benzene rings is 2. The molecule has 0 spiro atoms. The maximum atomic E-state index is 13.4. The fourth-order valence-electron chi connectivity index (χ4n) is 1.34. The van der Waals surface area contributed by atoms with Gasteiger partial charge in [0.2, 0.25) is 5.69 Å². The van der Waals surface area contributed by atoms with Gasteiger partial charge in [-0.25, -0.2) is 13.2 Å². The van der Waals surface area contributed by atoms with Gasteiger partial charge in [0.15, 0.2) is 17.5 Å². The van der Waals surface area contributed by atoms with E-state index in [0.717, 1.165) is 16.7 Å². The van der Waals surface area contributed by atoms with Gasteiger partial charge in [0.25, 0.3) is 11.8 Å². The zero-order chi connectivity index (χ0) is 13.1. The molecule has 2 rings (SSSR count). The maximum Gasteiger partial charge on any atom is 0.266 e. The van der Waals surface area contributed by atoms with Crippen molar-refractivity contribution in [1.29, 1.82) is 0 Å². The van der Waals surface area contributed by atoms with Crippen molar-refractivity contribution in [2.45, 2.75) is 0 Å². The molecule has 0 heterocycles. The summed E-state index contributed by atoms with van der Waals surface area (Å²) in [5.41, 5.74) is 2.69. The number of hydrogen-bond donors (Lipinski definition) is 1. The molecule has 0 amide bonds. The molecule has 2 aromatic rings. The summed E-state index contributed by atoms with van der Waals surface area (Å²) in [6.07, 6.45) is 0. The second kappa shape index (κ2) is 5.29. The lowest BCUT2D eigenvalue weighted by atomic mass is 10.3. The van der Waals surface area contributed by atoms with Gasteiger partial charge >= 0.3 is 0 Å². The van der Waals surface area contributed by atoms with Crippen LogP contribution >= 0.6 is 11.8 Å². The van der Waals surface area contributed by atoms with Crippen molar-refractivity contribution < 1.29 is 13.2 Å². The second-order valence-corrected chi connectivity index (χ2v) is 3.79. The summed E-state index contributed by atoms with van der Waals surface area (Å²) >= 11 is 5.84. The van der Waals surface area contributed by atoms with E-state index in [1.54, 1.807) is 30.3 Å². The Morgan fingerprint density at radius 2 is 1.56 bits per heavy atom. The van der Waals surface area contributed by atoms with E-state index in [-0.39, 0.29) is 5.69 Å². The van der Waals surface area contributed by atoms with E-state index in [1.165, 1.54) is 0 Å². The predicted molar refractivity (Wildman–Crippen MR) is 64.0 cm³/mol. The van der Waals surface area contributed by atoms with Gasteiger partial charge in [-0.15, -0.1) is 0 Å². The van der Waals surface area contributed by atoms with Crippen molar-refractivity contribution in [2.75, 3.05) is 5.43 Å². The normalized spacial score (nSPS) is 10.7. The molecular formula is C12H8ClF3N2+. The Balaban J connectivity index is 2.22. The highest BCUT2D eigenvalue weighted by atomic mass is 35.5. The van der Waals surface area contributed by atoms with Crippen LogP contribution in [-0.2, 0) is 0 Å². The Hall–Kier alpha value is -1.72. The molecule has 93 valence electrons. The Kier molecular flexibility index (Phi) is 3.74. The summed E-state index contributed by atoms with van der Waals surface area (Å²) in [4.78, 5) is 0. The molecule has 0 aliphatic carbocycles. The fraction of sp³-hybridized carbons (Fsp3) is 0. The van der Waals surface area contributed by atoms with Crippen LogP contribution in [0.15, 0.2) is 42.5 Å². The second-order valence-electron chi connectivity index (χ2n) is 3.45. The average molecular weight is 273 g/mol. The van der Waals surface area contributed by atoms with Gasteiger partial charge in [-0.3, -0.25) is 0 Å². The Morgan fingerprint density at radius 1 is 0.889 bits per heavy atom. The summed E-state index contributed by atoms with van der Waals surface area (Å²) in [7, 11) is 0. The van der Waals surface area contributed by atoms with Crippen molar-refractivity contribution in [3.63, 3.8) is 0 Å². The van der Waals surface area contributed by atoms with Crippen LogP contribution in [0, 0.1) is 17.5 Å². The van der Waals surface area contributed by atoms with Crippen molar-refractivity contribution in [3.8, 4) is 0 Å². The van der Waals surface area contributed by atoms with Crippen LogP contribution in [0.3, 0.4) is 0 Å². The van der Waals surface area contributed by atoms with E-state index in [2.05, 4.69) is 5.43 Å². The largest absolute Gasteiger partial charge is 0.266 e. The molecule has 1 N–H and O–H groups in total. The zero-order valence-electron chi connectivity index (χ0n) is 9.00. The van der Waals surface area contributed by atoms with Gasteiger partial charge in [-0.05, 0) is 12.1 Å². The maximum absolute atomic E-state index is 13.4. The van der Waals surface area contributed by atoms with Gasteiger partial charge in [-0.1, -0.05) is 18.2 Å². The molecule has 0 aliphatic heterocycles. The number of para-hydroxylation sites is 1. The Morgan fingerprint density at radius 3 is 2.22 bits per heavy atom. The highest BCUT2D eigenvalue weighted by Gasteiger charge is 2.22. The third-order valence-corrected chi connectivity index (χ3v) is 2.52. The molecule has 2 nitrogen and oxygen atoms in total. The topological polar surface area (TPSA) is 17.9 Å². The molecule has 0 aromatic heterocycles. The number of halogens is 4. The number of nitrogens with one attached hydrogen (secondary N) is 1. The number of hydrazine groups is 1. The number of nitrogens with zero attached hydrogens (tertiary/aromatic N) is 1. The van der Waals surface area contributed by atoms with E-state index in [9.17, 15) is 13.2 Å². The minimum atomic E-state index is -1.54. The van der Waals surface area contributed by atoms with Crippen molar-refractivity contribution in [1.82, 2.24) is 4.53 Å². The summed E-state index contributed by atoms with van der Waals surface area (Å²) < 4.78 is 40.1. The van der Waals surface area contributed by atoms with Gasteiger partial charge in [0, 0.05) is 12.1 Å². The average Bonchev–Trinajstić information content (AvgIpc) is 2.40. The lowest BCUT2D eigenvalue weighted by molar-refractivity contribution is 0.448.